The fourth-order valence-corrected chi connectivity index (χ4v) is 1.98. The molecule has 20 heavy (non-hydrogen) atoms. The van der Waals surface area contributed by atoms with E-state index in [0.717, 1.165) is 19.4 Å². The number of hydrogen-bond acceptors (Lipinski definition) is 1. The number of rotatable bonds is 8. The quantitative estimate of drug-likeness (QED) is 0.518. The average molecular weight is 295 g/mol. The lowest BCUT2D eigenvalue weighted by Gasteiger charge is -2.19. The molecule has 0 spiro atoms. The highest BCUT2D eigenvalue weighted by atomic mass is 31.0. The van der Waals surface area contributed by atoms with Crippen LogP contribution in [0.25, 0.3) is 0 Å². The SMILES string of the molecule is CC.CC(CCCOCc1ccccc1)C(=P)N(C)C. The Bertz CT molecular complexity index is 351. The zero-order valence-electron chi connectivity index (χ0n) is 13.6. The Morgan fingerprint density at radius 3 is 2.35 bits per heavy atom. The van der Waals surface area contributed by atoms with Crippen molar-refractivity contribution in [2.24, 2.45) is 5.92 Å². The molecule has 1 aromatic carbocycles. The first-order valence-electron chi connectivity index (χ1n) is 7.48. The lowest BCUT2D eigenvalue weighted by Crippen LogP contribution is -2.25. The molecule has 1 rings (SSSR count). The first-order valence-corrected chi connectivity index (χ1v) is 7.98. The van der Waals surface area contributed by atoms with Crippen molar-refractivity contribution < 1.29 is 4.74 Å². The maximum atomic E-state index is 5.67. The molecule has 2 nitrogen and oxygen atoms in total. The number of nitrogens with zero attached hydrogens (tertiary/aromatic N) is 1. The Hall–Kier alpha value is -0.690. The van der Waals surface area contributed by atoms with Gasteiger partial charge in [-0.25, -0.2) is 0 Å². The summed E-state index contributed by atoms with van der Waals surface area (Å²) in [6.07, 6.45) is 2.24. The largest absolute Gasteiger partial charge is 0.377 e. The minimum atomic E-state index is 0.553. The molecule has 0 aliphatic heterocycles. The molecule has 0 fully saturated rings. The highest BCUT2D eigenvalue weighted by Gasteiger charge is 2.08. The van der Waals surface area contributed by atoms with Crippen LogP contribution in [0.1, 0.15) is 39.2 Å². The summed E-state index contributed by atoms with van der Waals surface area (Å²) in [6.45, 7) is 7.78. The van der Waals surface area contributed by atoms with Crippen LogP contribution in [-0.2, 0) is 11.3 Å². The van der Waals surface area contributed by atoms with Gasteiger partial charge in [0.1, 0.15) is 0 Å². The van der Waals surface area contributed by atoms with Gasteiger partial charge in [0, 0.05) is 12.0 Å². The summed E-state index contributed by atoms with van der Waals surface area (Å²) in [5.41, 5.74) is 2.49. The molecule has 0 heterocycles. The van der Waals surface area contributed by atoms with Gasteiger partial charge in [-0.05, 0) is 38.4 Å². The van der Waals surface area contributed by atoms with Gasteiger partial charge < -0.3 is 4.74 Å². The summed E-state index contributed by atoms with van der Waals surface area (Å²) in [5.74, 6) is 0.553. The van der Waals surface area contributed by atoms with Crippen LogP contribution in [0.2, 0.25) is 0 Å². The lowest BCUT2D eigenvalue weighted by atomic mass is 10.1. The van der Waals surface area contributed by atoms with Crippen LogP contribution < -0.4 is 0 Å². The van der Waals surface area contributed by atoms with E-state index < -0.39 is 0 Å². The summed E-state index contributed by atoms with van der Waals surface area (Å²) >= 11 is 0. The van der Waals surface area contributed by atoms with Crippen LogP contribution in [0.3, 0.4) is 0 Å². The van der Waals surface area contributed by atoms with Gasteiger partial charge in [0.25, 0.3) is 0 Å². The van der Waals surface area contributed by atoms with Crippen LogP contribution in [0.5, 0.6) is 0 Å². The summed E-state index contributed by atoms with van der Waals surface area (Å²) in [5, 5.41) is 0. The highest BCUT2D eigenvalue weighted by Crippen LogP contribution is 2.11. The first kappa shape index (κ1) is 19.3. The van der Waals surface area contributed by atoms with E-state index in [9.17, 15) is 0 Å². The van der Waals surface area contributed by atoms with Crippen LogP contribution in [0.15, 0.2) is 30.3 Å². The van der Waals surface area contributed by atoms with Gasteiger partial charge >= 0.3 is 0 Å². The van der Waals surface area contributed by atoms with Crippen LogP contribution in [0.4, 0.5) is 0 Å². The predicted octanol–water partition coefficient (Wildman–Crippen LogP) is 4.48. The summed E-state index contributed by atoms with van der Waals surface area (Å²) in [4.78, 5) is 2.12. The van der Waals surface area contributed by atoms with Gasteiger partial charge in [-0.1, -0.05) is 51.1 Å². The molecular weight excluding hydrogens is 265 g/mol. The van der Waals surface area contributed by atoms with Crippen LogP contribution >= 0.6 is 8.86 Å². The van der Waals surface area contributed by atoms with E-state index in [4.69, 9.17) is 4.74 Å². The predicted molar refractivity (Wildman–Crippen MR) is 92.9 cm³/mol. The topological polar surface area (TPSA) is 12.5 Å². The monoisotopic (exact) mass is 295 g/mol. The summed E-state index contributed by atoms with van der Waals surface area (Å²) in [7, 11) is 7.79. The molecule has 0 radical (unpaired) electrons. The number of ether oxygens (including phenoxy) is 1. The van der Waals surface area contributed by atoms with E-state index in [1.165, 1.54) is 11.0 Å². The molecule has 0 amide bonds. The minimum Gasteiger partial charge on any atom is -0.377 e. The Kier molecular flexibility index (Phi) is 11.7. The Morgan fingerprint density at radius 1 is 1.20 bits per heavy atom. The van der Waals surface area contributed by atoms with Crippen LogP contribution in [-0.4, -0.2) is 31.0 Å². The van der Waals surface area contributed by atoms with Crippen molar-refractivity contribution in [3.05, 3.63) is 35.9 Å². The maximum absolute atomic E-state index is 5.67. The van der Waals surface area contributed by atoms with Gasteiger partial charge in [0.05, 0.1) is 6.61 Å². The fourth-order valence-electron chi connectivity index (χ4n) is 1.83. The minimum absolute atomic E-state index is 0.553. The van der Waals surface area contributed by atoms with Crippen molar-refractivity contribution in [2.45, 2.75) is 40.2 Å². The molecule has 0 saturated carbocycles. The van der Waals surface area contributed by atoms with E-state index in [-0.39, 0.29) is 0 Å². The average Bonchev–Trinajstić information content (AvgIpc) is 2.49. The molecule has 1 atom stereocenters. The van der Waals surface area contributed by atoms with Gasteiger partial charge in [-0.15, -0.1) is 8.86 Å². The van der Waals surface area contributed by atoms with Gasteiger partial charge in [0.2, 0.25) is 0 Å². The Morgan fingerprint density at radius 2 is 1.80 bits per heavy atom. The molecule has 114 valence electrons. The second-order valence-corrected chi connectivity index (χ2v) is 5.37. The number of hydrogen-bond donors (Lipinski definition) is 0. The van der Waals surface area contributed by atoms with Crippen molar-refractivity contribution in [2.75, 3.05) is 20.7 Å². The molecule has 0 aliphatic rings. The van der Waals surface area contributed by atoms with Crippen molar-refractivity contribution in [3.8, 4) is 0 Å². The van der Waals surface area contributed by atoms with Crippen LogP contribution in [0, 0.1) is 5.92 Å². The van der Waals surface area contributed by atoms with Crippen molar-refractivity contribution in [3.63, 3.8) is 0 Å². The van der Waals surface area contributed by atoms with E-state index in [1.54, 1.807) is 0 Å². The van der Waals surface area contributed by atoms with E-state index in [1.807, 2.05) is 32.0 Å². The zero-order valence-corrected chi connectivity index (χ0v) is 14.6. The van der Waals surface area contributed by atoms with Gasteiger partial charge in [-0.3, -0.25) is 4.90 Å². The van der Waals surface area contributed by atoms with Crippen molar-refractivity contribution in [1.82, 2.24) is 4.90 Å². The molecule has 0 saturated heterocycles. The lowest BCUT2D eigenvalue weighted by molar-refractivity contribution is 0.116. The zero-order chi connectivity index (χ0) is 15.4. The third-order valence-electron chi connectivity index (χ3n) is 2.99. The smallest absolute Gasteiger partial charge is 0.0716 e. The molecule has 3 heteroatoms. The first-order chi connectivity index (χ1) is 9.61. The number of benzene rings is 1. The second-order valence-electron chi connectivity index (χ2n) is 4.86. The molecule has 0 N–H and O–H groups in total. The molecule has 0 bridgehead atoms. The standard InChI is InChI=1S/C15H24NOP.C2H6/c1-13(15(18)16(2)3)8-7-11-17-12-14-9-5-4-6-10-14;1-2/h4-6,9-10,13,18H,7-8,11-12H2,1-3H3;1-2H3. The molecule has 1 aromatic rings. The Balaban J connectivity index is 0.00000172. The summed E-state index contributed by atoms with van der Waals surface area (Å²) < 4.78 is 5.67. The van der Waals surface area contributed by atoms with E-state index >= 15 is 0 Å². The van der Waals surface area contributed by atoms with E-state index in [0.29, 0.717) is 12.5 Å². The molecular formula is C17H30NOP. The third kappa shape index (κ3) is 8.47. The summed E-state index contributed by atoms with van der Waals surface area (Å²) in [6, 6.07) is 10.3. The van der Waals surface area contributed by atoms with E-state index in [2.05, 4.69) is 46.9 Å². The maximum Gasteiger partial charge on any atom is 0.0716 e. The third-order valence-corrected chi connectivity index (χ3v) is 3.93. The molecule has 0 aromatic heterocycles. The van der Waals surface area contributed by atoms with Gasteiger partial charge in [0.15, 0.2) is 0 Å². The highest BCUT2D eigenvalue weighted by molar-refractivity contribution is 7.20. The molecule has 1 unspecified atom stereocenters. The fraction of sp³-hybridized carbons (Fsp3) is 0.588. The normalized spacial score (nSPS) is 11.7. The Labute approximate surface area is 127 Å². The van der Waals surface area contributed by atoms with Crippen molar-refractivity contribution in [1.29, 1.82) is 0 Å². The second kappa shape index (κ2) is 12.1. The van der Waals surface area contributed by atoms with Gasteiger partial charge in [-0.2, -0.15) is 0 Å². The van der Waals surface area contributed by atoms with Crippen molar-refractivity contribution >= 4 is 14.3 Å². The molecule has 0 aliphatic carbocycles.